The van der Waals surface area contributed by atoms with E-state index in [-0.39, 0.29) is 17.7 Å². The quantitative estimate of drug-likeness (QED) is 0.391. The molecule has 3 aromatic rings. The summed E-state index contributed by atoms with van der Waals surface area (Å²) in [6.45, 7) is 0.589. The fourth-order valence-electron chi connectivity index (χ4n) is 3.19. The molecule has 0 spiro atoms. The van der Waals surface area contributed by atoms with Crippen LogP contribution < -0.4 is 9.47 Å². The van der Waals surface area contributed by atoms with Gasteiger partial charge in [-0.1, -0.05) is 60.1 Å². The fraction of sp³-hybridized carbons (Fsp3) is 0.120. The maximum Gasteiger partial charge on any atom is 0.293 e. The van der Waals surface area contributed by atoms with Crippen molar-refractivity contribution in [1.29, 1.82) is 0 Å². The molecule has 1 aliphatic rings. The van der Waals surface area contributed by atoms with Crippen LogP contribution in [0.4, 0.5) is 4.79 Å². The van der Waals surface area contributed by atoms with Crippen LogP contribution >= 0.6 is 23.4 Å². The number of methoxy groups -OCH3 is 1. The number of carbonyl (C=O) groups is 2. The Balaban J connectivity index is 1.51. The van der Waals surface area contributed by atoms with Crippen LogP contribution in [0.3, 0.4) is 0 Å². The Morgan fingerprint density at radius 1 is 0.938 bits per heavy atom. The topological polar surface area (TPSA) is 55.8 Å². The van der Waals surface area contributed by atoms with E-state index in [1.807, 2.05) is 36.4 Å². The van der Waals surface area contributed by atoms with Gasteiger partial charge in [-0.05, 0) is 58.8 Å². The molecule has 0 N–H and O–H groups in total. The van der Waals surface area contributed by atoms with Crippen LogP contribution in [0.5, 0.6) is 11.5 Å². The van der Waals surface area contributed by atoms with Crippen LogP contribution in [0.25, 0.3) is 6.08 Å². The smallest absolute Gasteiger partial charge is 0.293 e. The maximum atomic E-state index is 12.8. The van der Waals surface area contributed by atoms with E-state index in [0.29, 0.717) is 28.0 Å². The Hall–Kier alpha value is -3.22. The minimum absolute atomic E-state index is 0.202. The third-order valence-electron chi connectivity index (χ3n) is 4.85. The van der Waals surface area contributed by atoms with Crippen LogP contribution in [-0.2, 0) is 17.9 Å². The first kappa shape index (κ1) is 22.0. The molecule has 0 unspecified atom stereocenters. The summed E-state index contributed by atoms with van der Waals surface area (Å²) in [6.07, 6.45) is 1.70. The lowest BCUT2D eigenvalue weighted by Crippen LogP contribution is -2.27. The molecule has 0 bridgehead atoms. The van der Waals surface area contributed by atoms with Crippen molar-refractivity contribution in [3.63, 3.8) is 0 Å². The minimum atomic E-state index is -0.322. The van der Waals surface area contributed by atoms with Gasteiger partial charge in [0, 0.05) is 5.02 Å². The van der Waals surface area contributed by atoms with E-state index in [1.54, 1.807) is 49.6 Å². The van der Waals surface area contributed by atoms with Crippen LogP contribution in [-0.4, -0.2) is 23.2 Å². The second-order valence-corrected chi connectivity index (χ2v) is 8.51. The molecule has 162 valence electrons. The van der Waals surface area contributed by atoms with E-state index in [0.717, 1.165) is 28.5 Å². The van der Waals surface area contributed by atoms with Crippen LogP contribution in [0.1, 0.15) is 16.7 Å². The summed E-state index contributed by atoms with van der Waals surface area (Å²) < 4.78 is 11.3. The van der Waals surface area contributed by atoms with Crippen molar-refractivity contribution in [2.24, 2.45) is 0 Å². The molecule has 1 heterocycles. The molecule has 3 aromatic carbocycles. The zero-order valence-electron chi connectivity index (χ0n) is 17.3. The van der Waals surface area contributed by atoms with Gasteiger partial charge in [-0.15, -0.1) is 0 Å². The zero-order valence-corrected chi connectivity index (χ0v) is 18.9. The summed E-state index contributed by atoms with van der Waals surface area (Å²) in [6, 6.07) is 22.3. The van der Waals surface area contributed by atoms with Gasteiger partial charge in [0.2, 0.25) is 0 Å². The largest absolute Gasteiger partial charge is 0.493 e. The average molecular weight is 466 g/mol. The number of benzene rings is 3. The van der Waals surface area contributed by atoms with Gasteiger partial charge in [-0.25, -0.2) is 0 Å². The lowest BCUT2D eigenvalue weighted by Gasteiger charge is -2.12. The highest BCUT2D eigenvalue weighted by atomic mass is 35.5. The summed E-state index contributed by atoms with van der Waals surface area (Å²) in [7, 11) is 1.58. The van der Waals surface area contributed by atoms with E-state index >= 15 is 0 Å². The van der Waals surface area contributed by atoms with E-state index in [4.69, 9.17) is 21.1 Å². The van der Waals surface area contributed by atoms with Gasteiger partial charge < -0.3 is 9.47 Å². The van der Waals surface area contributed by atoms with Crippen molar-refractivity contribution in [1.82, 2.24) is 4.90 Å². The average Bonchev–Trinajstić information content (AvgIpc) is 3.07. The molecule has 0 aliphatic carbocycles. The van der Waals surface area contributed by atoms with E-state index < -0.39 is 0 Å². The summed E-state index contributed by atoms with van der Waals surface area (Å²) in [5.74, 6) is 0.831. The first-order valence-electron chi connectivity index (χ1n) is 9.88. The molecule has 32 heavy (non-hydrogen) atoms. The van der Waals surface area contributed by atoms with E-state index in [1.165, 1.54) is 4.90 Å². The molecule has 4 rings (SSSR count). The van der Waals surface area contributed by atoms with Crippen molar-refractivity contribution in [3.8, 4) is 11.5 Å². The Bertz CT molecular complexity index is 1160. The molecule has 2 amide bonds. The molecule has 1 fully saturated rings. The number of nitrogens with zero attached hydrogens (tertiary/aromatic N) is 1. The molecule has 0 aromatic heterocycles. The van der Waals surface area contributed by atoms with E-state index in [2.05, 4.69) is 0 Å². The number of imide groups is 1. The van der Waals surface area contributed by atoms with Crippen molar-refractivity contribution >= 4 is 40.6 Å². The Labute approximate surface area is 195 Å². The molecular formula is C25H20ClNO4S. The van der Waals surface area contributed by atoms with Crippen molar-refractivity contribution < 1.29 is 19.1 Å². The standard InChI is InChI=1S/C25H20ClNO4S/c1-30-21-12-9-19(13-22(21)31-16-18-5-3-2-4-6-18)14-23-24(28)27(25(29)32-23)15-17-7-10-20(26)11-8-17/h2-14H,15-16H2,1H3/b23-14-. The highest BCUT2D eigenvalue weighted by molar-refractivity contribution is 8.18. The number of halogens is 1. The lowest BCUT2D eigenvalue weighted by molar-refractivity contribution is -0.123. The maximum absolute atomic E-state index is 12.8. The second kappa shape index (κ2) is 9.94. The predicted octanol–water partition coefficient (Wildman–Crippen LogP) is 6.16. The van der Waals surface area contributed by atoms with Gasteiger partial charge in [0.25, 0.3) is 11.1 Å². The highest BCUT2D eigenvalue weighted by Crippen LogP contribution is 2.35. The van der Waals surface area contributed by atoms with Gasteiger partial charge in [0.1, 0.15) is 6.61 Å². The second-order valence-electron chi connectivity index (χ2n) is 7.08. The predicted molar refractivity (Wildman–Crippen MR) is 127 cm³/mol. The number of carbonyl (C=O) groups excluding carboxylic acids is 2. The summed E-state index contributed by atoms with van der Waals surface area (Å²) in [5.41, 5.74) is 2.60. The Morgan fingerprint density at radius 2 is 1.69 bits per heavy atom. The number of hydrogen-bond acceptors (Lipinski definition) is 5. The molecule has 0 radical (unpaired) electrons. The lowest BCUT2D eigenvalue weighted by atomic mass is 10.1. The van der Waals surface area contributed by atoms with Crippen LogP contribution in [0.2, 0.25) is 5.02 Å². The summed E-state index contributed by atoms with van der Waals surface area (Å²) in [4.78, 5) is 26.9. The molecule has 5 nitrogen and oxygen atoms in total. The first-order valence-corrected chi connectivity index (χ1v) is 11.1. The SMILES string of the molecule is COc1ccc(/C=C2\SC(=O)N(Cc3ccc(Cl)cc3)C2=O)cc1OCc1ccccc1. The van der Waals surface area contributed by atoms with Crippen molar-refractivity contribution in [3.05, 3.63) is 99.4 Å². The van der Waals surface area contributed by atoms with Gasteiger partial charge in [-0.2, -0.15) is 0 Å². The normalized spacial score (nSPS) is 14.8. The number of amides is 2. The summed E-state index contributed by atoms with van der Waals surface area (Å²) >= 11 is 6.84. The highest BCUT2D eigenvalue weighted by Gasteiger charge is 2.35. The van der Waals surface area contributed by atoms with Gasteiger partial charge >= 0.3 is 0 Å². The number of hydrogen-bond donors (Lipinski definition) is 0. The molecule has 1 aliphatic heterocycles. The van der Waals surface area contributed by atoms with Gasteiger partial charge in [0.15, 0.2) is 11.5 Å². The zero-order chi connectivity index (χ0) is 22.5. The number of ether oxygens (including phenoxy) is 2. The molecule has 0 saturated carbocycles. The third kappa shape index (κ3) is 5.15. The van der Waals surface area contributed by atoms with Crippen LogP contribution in [0, 0.1) is 0 Å². The number of thioether (sulfide) groups is 1. The van der Waals surface area contributed by atoms with Crippen molar-refractivity contribution in [2.75, 3.05) is 7.11 Å². The van der Waals surface area contributed by atoms with Gasteiger partial charge in [0.05, 0.1) is 18.6 Å². The van der Waals surface area contributed by atoms with Gasteiger partial charge in [-0.3, -0.25) is 14.5 Å². The van der Waals surface area contributed by atoms with Crippen molar-refractivity contribution in [2.45, 2.75) is 13.2 Å². The first-order chi connectivity index (χ1) is 15.5. The molecule has 1 saturated heterocycles. The minimum Gasteiger partial charge on any atom is -0.493 e. The van der Waals surface area contributed by atoms with E-state index in [9.17, 15) is 9.59 Å². The molecular weight excluding hydrogens is 446 g/mol. The summed E-state index contributed by atoms with van der Waals surface area (Å²) in [5, 5.41) is 0.304. The number of rotatable bonds is 7. The Kier molecular flexibility index (Phi) is 6.83. The fourth-order valence-corrected chi connectivity index (χ4v) is 4.16. The monoisotopic (exact) mass is 465 g/mol. The Morgan fingerprint density at radius 3 is 2.41 bits per heavy atom. The molecule has 0 atom stereocenters. The third-order valence-corrected chi connectivity index (χ3v) is 6.01. The van der Waals surface area contributed by atoms with Crippen LogP contribution in [0.15, 0.2) is 77.7 Å². The molecule has 7 heteroatoms.